The molecule has 1 aliphatic carbocycles. The number of nitrogens with zero attached hydrogens (tertiary/aromatic N) is 1. The maximum absolute atomic E-state index is 11.5. The van der Waals surface area contributed by atoms with Gasteiger partial charge in [0.25, 0.3) is 0 Å². The fourth-order valence-corrected chi connectivity index (χ4v) is 3.88. The van der Waals surface area contributed by atoms with Crippen LogP contribution in [0.3, 0.4) is 0 Å². The third-order valence-corrected chi connectivity index (χ3v) is 4.86. The first kappa shape index (κ1) is 16.1. The van der Waals surface area contributed by atoms with Crippen LogP contribution in [0.4, 0.5) is 5.69 Å². The number of thioether (sulfide) groups is 1. The highest BCUT2D eigenvalue weighted by atomic mass is 32.2. The average Bonchev–Trinajstić information content (AvgIpc) is 2.97. The van der Waals surface area contributed by atoms with Gasteiger partial charge in [0.1, 0.15) is 4.99 Å². The molecule has 0 aliphatic heterocycles. The van der Waals surface area contributed by atoms with Crippen molar-refractivity contribution < 1.29 is 4.79 Å². The first-order chi connectivity index (χ1) is 10.0. The predicted octanol–water partition coefficient (Wildman–Crippen LogP) is 2.28. The second-order valence-corrected chi connectivity index (χ2v) is 6.54. The van der Waals surface area contributed by atoms with Crippen LogP contribution in [-0.2, 0) is 4.79 Å². The number of nitrogens with two attached hydrogens (primary N) is 2. The molecule has 1 aliphatic rings. The summed E-state index contributed by atoms with van der Waals surface area (Å²) in [6.07, 6.45) is 6.52. The van der Waals surface area contributed by atoms with Crippen molar-refractivity contribution in [3.63, 3.8) is 0 Å². The normalized spacial score (nSPS) is 15.1. The summed E-state index contributed by atoms with van der Waals surface area (Å²) in [6.45, 7) is 0.206. The second kappa shape index (κ2) is 7.13. The molecule has 114 valence electrons. The number of amides is 1. The molecule has 1 aromatic carbocycles. The van der Waals surface area contributed by atoms with Crippen molar-refractivity contribution in [3.8, 4) is 0 Å². The van der Waals surface area contributed by atoms with Crippen molar-refractivity contribution in [2.45, 2.75) is 36.6 Å². The van der Waals surface area contributed by atoms with E-state index in [0.717, 1.165) is 29.0 Å². The molecule has 0 heterocycles. The summed E-state index contributed by atoms with van der Waals surface area (Å²) in [5, 5.41) is 0. The SMILES string of the molecule is CSc1cccc(N(CC(N)=O)C2CCCC2)c1C(N)=S. The Morgan fingerprint density at radius 1 is 1.38 bits per heavy atom. The van der Waals surface area contributed by atoms with Crippen LogP contribution in [0.2, 0.25) is 0 Å². The summed E-state index contributed by atoms with van der Waals surface area (Å²) < 4.78 is 0. The highest BCUT2D eigenvalue weighted by molar-refractivity contribution is 7.98. The Morgan fingerprint density at radius 2 is 2.05 bits per heavy atom. The van der Waals surface area contributed by atoms with Gasteiger partial charge in [-0.05, 0) is 31.2 Å². The number of benzene rings is 1. The predicted molar refractivity (Wildman–Crippen MR) is 92.9 cm³/mol. The zero-order chi connectivity index (χ0) is 15.4. The molecule has 1 aromatic rings. The number of carbonyl (C=O) groups is 1. The van der Waals surface area contributed by atoms with Gasteiger partial charge in [-0.25, -0.2) is 0 Å². The van der Waals surface area contributed by atoms with E-state index in [1.54, 1.807) is 11.8 Å². The number of rotatable bonds is 6. The summed E-state index contributed by atoms with van der Waals surface area (Å²) in [5.41, 5.74) is 13.2. The molecule has 0 aromatic heterocycles. The Balaban J connectivity index is 2.47. The number of hydrogen-bond acceptors (Lipinski definition) is 4. The van der Waals surface area contributed by atoms with Crippen molar-refractivity contribution in [1.82, 2.24) is 0 Å². The third-order valence-electron chi connectivity index (χ3n) is 3.87. The second-order valence-electron chi connectivity index (χ2n) is 5.25. The lowest BCUT2D eigenvalue weighted by molar-refractivity contribution is -0.116. The monoisotopic (exact) mass is 323 g/mol. The number of primary amides is 1. The molecule has 6 heteroatoms. The summed E-state index contributed by atoms with van der Waals surface area (Å²) in [5.74, 6) is -0.328. The molecule has 1 amide bonds. The molecule has 0 radical (unpaired) electrons. The minimum atomic E-state index is -0.328. The summed E-state index contributed by atoms with van der Waals surface area (Å²) in [7, 11) is 0. The van der Waals surface area contributed by atoms with E-state index in [0.29, 0.717) is 11.0 Å². The zero-order valence-corrected chi connectivity index (χ0v) is 13.8. The highest BCUT2D eigenvalue weighted by Gasteiger charge is 2.27. The van der Waals surface area contributed by atoms with Gasteiger partial charge in [0.05, 0.1) is 6.54 Å². The topological polar surface area (TPSA) is 72.3 Å². The summed E-state index contributed by atoms with van der Waals surface area (Å²) >= 11 is 6.84. The van der Waals surface area contributed by atoms with Crippen LogP contribution < -0.4 is 16.4 Å². The lowest BCUT2D eigenvalue weighted by Crippen LogP contribution is -2.41. The average molecular weight is 323 g/mol. The Kier molecular flexibility index (Phi) is 5.47. The van der Waals surface area contributed by atoms with Crippen LogP contribution in [-0.4, -0.2) is 29.7 Å². The molecule has 0 bridgehead atoms. The quantitative estimate of drug-likeness (QED) is 0.621. The van der Waals surface area contributed by atoms with E-state index in [9.17, 15) is 4.79 Å². The van der Waals surface area contributed by atoms with Gasteiger partial charge in [-0.3, -0.25) is 4.79 Å². The van der Waals surface area contributed by atoms with Crippen LogP contribution in [0.25, 0.3) is 0 Å². The Bertz CT molecular complexity index is 542. The van der Waals surface area contributed by atoms with Gasteiger partial charge < -0.3 is 16.4 Å². The van der Waals surface area contributed by atoms with Gasteiger partial charge in [0, 0.05) is 22.2 Å². The molecule has 1 saturated carbocycles. The van der Waals surface area contributed by atoms with Crippen molar-refractivity contribution in [2.75, 3.05) is 17.7 Å². The van der Waals surface area contributed by atoms with Gasteiger partial charge in [-0.1, -0.05) is 31.1 Å². The van der Waals surface area contributed by atoms with Crippen LogP contribution in [0.1, 0.15) is 31.2 Å². The van der Waals surface area contributed by atoms with Gasteiger partial charge >= 0.3 is 0 Å². The lowest BCUT2D eigenvalue weighted by Gasteiger charge is -2.32. The molecule has 0 saturated heterocycles. The van der Waals surface area contributed by atoms with Crippen molar-refractivity contribution >= 4 is 40.6 Å². The van der Waals surface area contributed by atoms with E-state index in [4.69, 9.17) is 23.7 Å². The van der Waals surface area contributed by atoms with Crippen molar-refractivity contribution in [2.24, 2.45) is 11.5 Å². The fourth-order valence-electron chi connectivity index (χ4n) is 2.97. The molecule has 0 atom stereocenters. The molecule has 4 nitrogen and oxygen atoms in total. The lowest BCUT2D eigenvalue weighted by atomic mass is 10.1. The van der Waals surface area contributed by atoms with Gasteiger partial charge in [0.2, 0.25) is 5.91 Å². The molecule has 0 spiro atoms. The number of anilines is 1. The number of thiocarbonyl (C=S) groups is 1. The van der Waals surface area contributed by atoms with E-state index in [1.807, 2.05) is 24.5 Å². The maximum Gasteiger partial charge on any atom is 0.236 e. The third kappa shape index (κ3) is 3.68. The number of hydrogen-bond donors (Lipinski definition) is 2. The zero-order valence-electron chi connectivity index (χ0n) is 12.2. The van der Waals surface area contributed by atoms with Crippen LogP contribution >= 0.6 is 24.0 Å². The first-order valence-corrected chi connectivity index (χ1v) is 8.69. The highest BCUT2D eigenvalue weighted by Crippen LogP contribution is 2.34. The van der Waals surface area contributed by atoms with E-state index in [-0.39, 0.29) is 12.5 Å². The minimum absolute atomic E-state index is 0.206. The first-order valence-electron chi connectivity index (χ1n) is 7.06. The van der Waals surface area contributed by atoms with Crippen LogP contribution in [0.5, 0.6) is 0 Å². The van der Waals surface area contributed by atoms with Crippen molar-refractivity contribution in [3.05, 3.63) is 23.8 Å². The Morgan fingerprint density at radius 3 is 2.57 bits per heavy atom. The molecular weight excluding hydrogens is 302 g/mol. The standard InChI is InChI=1S/C15H21N3OS2/c1-21-12-8-4-7-11(14(12)15(17)20)18(9-13(16)19)10-5-2-3-6-10/h4,7-8,10H,2-3,5-6,9H2,1H3,(H2,16,19)(H2,17,20). The van der Waals surface area contributed by atoms with Crippen molar-refractivity contribution in [1.29, 1.82) is 0 Å². The van der Waals surface area contributed by atoms with Gasteiger partial charge in [0.15, 0.2) is 0 Å². The van der Waals surface area contributed by atoms with E-state index >= 15 is 0 Å². The molecular formula is C15H21N3OS2. The van der Waals surface area contributed by atoms with E-state index < -0.39 is 0 Å². The smallest absolute Gasteiger partial charge is 0.236 e. The van der Waals surface area contributed by atoms with E-state index in [2.05, 4.69) is 4.90 Å². The fraction of sp³-hybridized carbons (Fsp3) is 0.467. The molecule has 4 N–H and O–H groups in total. The molecule has 1 fully saturated rings. The summed E-state index contributed by atoms with van der Waals surface area (Å²) in [6, 6.07) is 6.30. The van der Waals surface area contributed by atoms with Crippen LogP contribution in [0, 0.1) is 0 Å². The van der Waals surface area contributed by atoms with Gasteiger partial charge in [-0.2, -0.15) is 0 Å². The molecule has 21 heavy (non-hydrogen) atoms. The van der Waals surface area contributed by atoms with Crippen LogP contribution in [0.15, 0.2) is 23.1 Å². The van der Waals surface area contributed by atoms with E-state index in [1.165, 1.54) is 12.8 Å². The number of carbonyl (C=O) groups excluding carboxylic acids is 1. The molecule has 2 rings (SSSR count). The minimum Gasteiger partial charge on any atom is -0.389 e. The maximum atomic E-state index is 11.5. The Labute approximate surface area is 135 Å². The summed E-state index contributed by atoms with van der Waals surface area (Å²) in [4.78, 5) is 15.0. The largest absolute Gasteiger partial charge is 0.389 e. The Hall–Kier alpha value is -1.27. The molecule has 0 unspecified atom stereocenters. The van der Waals surface area contributed by atoms with Gasteiger partial charge in [-0.15, -0.1) is 11.8 Å².